The van der Waals surface area contributed by atoms with E-state index in [1.165, 1.54) is 5.56 Å². The summed E-state index contributed by atoms with van der Waals surface area (Å²) in [4.78, 5) is 8.55. The maximum atomic E-state index is 5.75. The van der Waals surface area contributed by atoms with Crippen molar-refractivity contribution in [2.24, 2.45) is 5.84 Å². The zero-order chi connectivity index (χ0) is 14.4. The molecule has 0 saturated carbocycles. The molecule has 0 spiro atoms. The van der Waals surface area contributed by atoms with Crippen LogP contribution in [0.4, 0.5) is 5.82 Å². The van der Waals surface area contributed by atoms with Gasteiger partial charge >= 0.3 is 0 Å². The van der Waals surface area contributed by atoms with E-state index in [2.05, 4.69) is 34.5 Å². The molecule has 0 aliphatic heterocycles. The SMILES string of the molecule is CCCc1ccc(Oc2cc(NN)nc(CC)n2)cc1. The van der Waals surface area contributed by atoms with Gasteiger partial charge < -0.3 is 10.2 Å². The molecule has 5 heteroatoms. The van der Waals surface area contributed by atoms with Gasteiger partial charge in [-0.2, -0.15) is 4.98 Å². The van der Waals surface area contributed by atoms with E-state index >= 15 is 0 Å². The van der Waals surface area contributed by atoms with Crippen molar-refractivity contribution in [1.82, 2.24) is 9.97 Å². The average Bonchev–Trinajstić information content (AvgIpc) is 2.49. The number of anilines is 1. The fourth-order valence-corrected chi connectivity index (χ4v) is 1.89. The number of aryl methyl sites for hydroxylation is 2. The Hall–Kier alpha value is -2.14. The Kier molecular flexibility index (Phi) is 4.90. The van der Waals surface area contributed by atoms with E-state index in [9.17, 15) is 0 Å². The van der Waals surface area contributed by atoms with Gasteiger partial charge in [0.05, 0.1) is 0 Å². The Morgan fingerprint density at radius 1 is 1.15 bits per heavy atom. The molecule has 1 aromatic heterocycles. The van der Waals surface area contributed by atoms with Gasteiger partial charge in [0.15, 0.2) is 0 Å². The van der Waals surface area contributed by atoms with Crippen molar-refractivity contribution in [2.45, 2.75) is 33.1 Å². The van der Waals surface area contributed by atoms with Crippen molar-refractivity contribution in [2.75, 3.05) is 5.43 Å². The zero-order valence-electron chi connectivity index (χ0n) is 11.9. The lowest BCUT2D eigenvalue weighted by Gasteiger charge is -2.08. The van der Waals surface area contributed by atoms with Crippen molar-refractivity contribution in [3.63, 3.8) is 0 Å². The second kappa shape index (κ2) is 6.86. The lowest BCUT2D eigenvalue weighted by atomic mass is 10.1. The van der Waals surface area contributed by atoms with E-state index in [1.807, 2.05) is 19.1 Å². The molecule has 0 unspecified atom stereocenters. The summed E-state index contributed by atoms with van der Waals surface area (Å²) in [5.41, 5.74) is 3.83. The first-order valence-corrected chi connectivity index (χ1v) is 6.86. The van der Waals surface area contributed by atoms with E-state index in [0.717, 1.165) is 25.0 Å². The van der Waals surface area contributed by atoms with Crippen molar-refractivity contribution >= 4 is 5.82 Å². The van der Waals surface area contributed by atoms with E-state index in [4.69, 9.17) is 10.6 Å². The summed E-state index contributed by atoms with van der Waals surface area (Å²) in [7, 11) is 0. The Balaban J connectivity index is 2.16. The highest BCUT2D eigenvalue weighted by Gasteiger charge is 2.05. The monoisotopic (exact) mass is 272 g/mol. The van der Waals surface area contributed by atoms with Crippen molar-refractivity contribution < 1.29 is 4.74 Å². The van der Waals surface area contributed by atoms with Gasteiger partial charge in [-0.1, -0.05) is 32.4 Å². The normalized spacial score (nSPS) is 10.3. The first kappa shape index (κ1) is 14.3. The van der Waals surface area contributed by atoms with Gasteiger partial charge in [-0.15, -0.1) is 0 Å². The van der Waals surface area contributed by atoms with E-state index < -0.39 is 0 Å². The van der Waals surface area contributed by atoms with E-state index in [0.29, 0.717) is 17.5 Å². The molecule has 0 atom stereocenters. The number of nitrogen functional groups attached to an aromatic ring is 1. The molecule has 20 heavy (non-hydrogen) atoms. The molecule has 0 saturated heterocycles. The van der Waals surface area contributed by atoms with Crippen LogP contribution in [-0.2, 0) is 12.8 Å². The molecule has 0 aliphatic carbocycles. The maximum absolute atomic E-state index is 5.75. The second-order valence-corrected chi connectivity index (χ2v) is 4.50. The lowest BCUT2D eigenvalue weighted by Crippen LogP contribution is -2.10. The molecule has 2 aromatic rings. The van der Waals surface area contributed by atoms with Gasteiger partial charge in [0.2, 0.25) is 5.88 Å². The van der Waals surface area contributed by atoms with Crippen LogP contribution < -0.4 is 16.0 Å². The van der Waals surface area contributed by atoms with Crippen LogP contribution in [0, 0.1) is 0 Å². The molecule has 1 heterocycles. The summed E-state index contributed by atoms with van der Waals surface area (Å²) in [5, 5.41) is 0. The number of rotatable bonds is 6. The van der Waals surface area contributed by atoms with Crippen LogP contribution in [0.1, 0.15) is 31.7 Å². The van der Waals surface area contributed by atoms with Crippen LogP contribution in [-0.4, -0.2) is 9.97 Å². The van der Waals surface area contributed by atoms with Gasteiger partial charge in [0.1, 0.15) is 17.4 Å². The third kappa shape index (κ3) is 3.68. The van der Waals surface area contributed by atoms with Crippen LogP contribution in [0.5, 0.6) is 11.6 Å². The summed E-state index contributed by atoms with van der Waals surface area (Å²) >= 11 is 0. The highest BCUT2D eigenvalue weighted by Crippen LogP contribution is 2.22. The van der Waals surface area contributed by atoms with E-state index in [-0.39, 0.29) is 0 Å². The molecule has 106 valence electrons. The first-order valence-electron chi connectivity index (χ1n) is 6.86. The molecule has 0 radical (unpaired) electrons. The molecular formula is C15H20N4O. The van der Waals surface area contributed by atoms with Gasteiger partial charge in [0, 0.05) is 12.5 Å². The third-order valence-electron chi connectivity index (χ3n) is 2.90. The van der Waals surface area contributed by atoms with Crippen LogP contribution in [0.2, 0.25) is 0 Å². The van der Waals surface area contributed by atoms with Crippen LogP contribution in [0.15, 0.2) is 30.3 Å². The largest absolute Gasteiger partial charge is 0.439 e. The summed E-state index contributed by atoms with van der Waals surface area (Å²) < 4.78 is 5.75. The topological polar surface area (TPSA) is 73.1 Å². The summed E-state index contributed by atoms with van der Waals surface area (Å²) in [6.07, 6.45) is 2.94. The average molecular weight is 272 g/mol. The molecule has 0 amide bonds. The molecule has 0 fully saturated rings. The number of ether oxygens (including phenoxy) is 1. The number of nitrogens with zero attached hydrogens (tertiary/aromatic N) is 2. The summed E-state index contributed by atoms with van der Waals surface area (Å²) in [6.45, 7) is 4.15. The Labute approximate surface area is 119 Å². The van der Waals surface area contributed by atoms with Gasteiger partial charge in [-0.3, -0.25) is 0 Å². The number of hydrogen-bond acceptors (Lipinski definition) is 5. The molecule has 0 bridgehead atoms. The number of hydrazine groups is 1. The number of hydrogen-bond donors (Lipinski definition) is 2. The van der Waals surface area contributed by atoms with Crippen LogP contribution in [0.25, 0.3) is 0 Å². The molecular weight excluding hydrogens is 252 g/mol. The maximum Gasteiger partial charge on any atom is 0.224 e. The highest BCUT2D eigenvalue weighted by atomic mass is 16.5. The third-order valence-corrected chi connectivity index (χ3v) is 2.90. The minimum Gasteiger partial charge on any atom is -0.439 e. The number of nitrogens with one attached hydrogen (secondary N) is 1. The molecule has 5 nitrogen and oxygen atoms in total. The lowest BCUT2D eigenvalue weighted by molar-refractivity contribution is 0.459. The summed E-state index contributed by atoms with van der Waals surface area (Å²) in [6, 6.07) is 9.73. The predicted octanol–water partition coefficient (Wildman–Crippen LogP) is 3.07. The second-order valence-electron chi connectivity index (χ2n) is 4.50. The minimum atomic E-state index is 0.494. The fourth-order valence-electron chi connectivity index (χ4n) is 1.89. The Morgan fingerprint density at radius 3 is 2.50 bits per heavy atom. The van der Waals surface area contributed by atoms with Crippen molar-refractivity contribution in [3.05, 3.63) is 41.7 Å². The standard InChI is InChI=1S/C15H20N4O/c1-3-5-11-6-8-12(9-7-11)20-15-10-14(19-16)17-13(4-2)18-15/h6-10H,3-5,16H2,1-2H3,(H,17,18,19). The molecule has 3 N–H and O–H groups in total. The van der Waals surface area contributed by atoms with Crippen molar-refractivity contribution in [1.29, 1.82) is 0 Å². The number of aromatic nitrogens is 2. The Bertz CT molecular complexity index is 532. The van der Waals surface area contributed by atoms with Gasteiger partial charge in [-0.25, -0.2) is 10.8 Å². The minimum absolute atomic E-state index is 0.494. The highest BCUT2D eigenvalue weighted by molar-refractivity contribution is 5.39. The summed E-state index contributed by atoms with van der Waals surface area (Å²) in [5.74, 6) is 7.89. The Morgan fingerprint density at radius 2 is 1.90 bits per heavy atom. The quantitative estimate of drug-likeness (QED) is 0.624. The molecule has 1 aromatic carbocycles. The van der Waals surface area contributed by atoms with Gasteiger partial charge in [-0.05, 0) is 24.1 Å². The smallest absolute Gasteiger partial charge is 0.224 e. The zero-order valence-corrected chi connectivity index (χ0v) is 11.9. The van der Waals surface area contributed by atoms with Crippen LogP contribution >= 0.6 is 0 Å². The molecule has 0 aliphatic rings. The van der Waals surface area contributed by atoms with Gasteiger partial charge in [0.25, 0.3) is 0 Å². The van der Waals surface area contributed by atoms with E-state index in [1.54, 1.807) is 6.07 Å². The molecule has 2 rings (SSSR count). The van der Waals surface area contributed by atoms with Crippen LogP contribution in [0.3, 0.4) is 0 Å². The van der Waals surface area contributed by atoms with Crippen molar-refractivity contribution in [3.8, 4) is 11.6 Å². The number of nitrogens with two attached hydrogens (primary N) is 1. The number of benzene rings is 1. The first-order chi connectivity index (χ1) is 9.75. The predicted molar refractivity (Wildman–Crippen MR) is 79.7 cm³/mol. The fraction of sp³-hybridized carbons (Fsp3) is 0.333.